The standard InChI is InChI=1S/C21H34N2O4/c1-20-8-6-14(12-16(20)26-20)18(24)22-10-4-3-5-11-23-19(25)15-7-9-21(2)17(13-15)27-21/h14-17H,3-13H2,1-2H3,(H,22,24)(H,23,25). The lowest BCUT2D eigenvalue weighted by molar-refractivity contribution is -0.126. The van der Waals surface area contributed by atoms with Gasteiger partial charge in [-0.05, 0) is 71.6 Å². The predicted octanol–water partition coefficient (Wildman–Crippen LogP) is 2.30. The van der Waals surface area contributed by atoms with Crippen LogP contribution in [-0.4, -0.2) is 48.3 Å². The largest absolute Gasteiger partial charge is 0.366 e. The Labute approximate surface area is 162 Å². The van der Waals surface area contributed by atoms with E-state index in [1.165, 1.54) is 0 Å². The molecule has 27 heavy (non-hydrogen) atoms. The highest BCUT2D eigenvalue weighted by Crippen LogP contribution is 2.50. The maximum absolute atomic E-state index is 12.2. The molecule has 2 heterocycles. The molecule has 2 saturated carbocycles. The van der Waals surface area contributed by atoms with Gasteiger partial charge in [-0.25, -0.2) is 0 Å². The number of unbranched alkanes of at least 4 members (excludes halogenated alkanes) is 2. The van der Waals surface area contributed by atoms with E-state index < -0.39 is 0 Å². The number of hydrogen-bond acceptors (Lipinski definition) is 4. The molecule has 2 saturated heterocycles. The summed E-state index contributed by atoms with van der Waals surface area (Å²) in [5.74, 6) is 0.621. The van der Waals surface area contributed by atoms with Gasteiger partial charge in [-0.15, -0.1) is 0 Å². The summed E-state index contributed by atoms with van der Waals surface area (Å²) < 4.78 is 11.3. The smallest absolute Gasteiger partial charge is 0.223 e. The fourth-order valence-electron chi connectivity index (χ4n) is 4.91. The number of fused-ring (bicyclic) bond motifs is 2. The number of epoxide rings is 2. The number of rotatable bonds is 8. The molecule has 6 atom stereocenters. The van der Waals surface area contributed by atoms with Gasteiger partial charge < -0.3 is 20.1 Å². The Kier molecular flexibility index (Phi) is 5.23. The van der Waals surface area contributed by atoms with Crippen LogP contribution < -0.4 is 10.6 Å². The van der Waals surface area contributed by atoms with E-state index in [-0.39, 0.29) is 34.9 Å². The van der Waals surface area contributed by atoms with Gasteiger partial charge in [-0.2, -0.15) is 0 Å². The fourth-order valence-corrected chi connectivity index (χ4v) is 4.91. The van der Waals surface area contributed by atoms with E-state index in [1.54, 1.807) is 0 Å². The fraction of sp³-hybridized carbons (Fsp3) is 0.905. The van der Waals surface area contributed by atoms with Crippen LogP contribution in [0.4, 0.5) is 0 Å². The average molecular weight is 379 g/mol. The van der Waals surface area contributed by atoms with Gasteiger partial charge in [0.05, 0.1) is 23.4 Å². The second-order valence-electron chi connectivity index (χ2n) is 9.42. The topological polar surface area (TPSA) is 83.3 Å². The number of ether oxygens (including phenoxy) is 2. The summed E-state index contributed by atoms with van der Waals surface area (Å²) in [5, 5.41) is 6.15. The molecule has 2 aliphatic heterocycles. The Bertz CT molecular complexity index is 547. The Morgan fingerprint density at radius 2 is 1.26 bits per heavy atom. The second-order valence-corrected chi connectivity index (χ2v) is 9.42. The third-order valence-electron chi connectivity index (χ3n) is 7.24. The highest BCUT2D eigenvalue weighted by atomic mass is 16.6. The van der Waals surface area contributed by atoms with Gasteiger partial charge in [-0.3, -0.25) is 9.59 Å². The Morgan fingerprint density at radius 3 is 1.67 bits per heavy atom. The lowest BCUT2D eigenvalue weighted by Gasteiger charge is -2.22. The zero-order chi connectivity index (χ0) is 19.1. The van der Waals surface area contributed by atoms with Crippen molar-refractivity contribution in [2.24, 2.45) is 11.8 Å². The Hall–Kier alpha value is -1.14. The highest BCUT2D eigenvalue weighted by molar-refractivity contribution is 5.79. The summed E-state index contributed by atoms with van der Waals surface area (Å²) in [6.45, 7) is 5.75. The van der Waals surface area contributed by atoms with Crippen molar-refractivity contribution in [3.8, 4) is 0 Å². The highest BCUT2D eigenvalue weighted by Gasteiger charge is 2.56. The van der Waals surface area contributed by atoms with Crippen molar-refractivity contribution in [1.82, 2.24) is 10.6 Å². The third kappa shape index (κ3) is 4.32. The normalized spacial score (nSPS) is 41.9. The summed E-state index contributed by atoms with van der Waals surface area (Å²) in [6, 6.07) is 0. The molecule has 4 fully saturated rings. The summed E-state index contributed by atoms with van der Waals surface area (Å²) in [4.78, 5) is 24.5. The van der Waals surface area contributed by atoms with Gasteiger partial charge in [0, 0.05) is 24.9 Å². The minimum absolute atomic E-state index is 0.0736. The van der Waals surface area contributed by atoms with Crippen LogP contribution in [0, 0.1) is 11.8 Å². The van der Waals surface area contributed by atoms with Crippen LogP contribution in [0.15, 0.2) is 0 Å². The number of carbonyl (C=O) groups excluding carboxylic acids is 2. The van der Waals surface area contributed by atoms with Gasteiger partial charge in [0.1, 0.15) is 0 Å². The van der Waals surface area contributed by atoms with E-state index in [9.17, 15) is 9.59 Å². The van der Waals surface area contributed by atoms with Crippen molar-refractivity contribution < 1.29 is 19.1 Å². The summed E-state index contributed by atoms with van der Waals surface area (Å²) in [6.07, 6.45) is 9.18. The first-order chi connectivity index (χ1) is 12.9. The van der Waals surface area contributed by atoms with Gasteiger partial charge in [0.2, 0.25) is 11.8 Å². The zero-order valence-corrected chi connectivity index (χ0v) is 16.7. The van der Waals surface area contributed by atoms with E-state index in [1.807, 2.05) is 0 Å². The SMILES string of the molecule is CC12CCC(C(=O)NCCCCCNC(=O)C3CCC4(C)OC4C3)CC1O2. The first-order valence-electron chi connectivity index (χ1n) is 10.8. The van der Waals surface area contributed by atoms with Crippen molar-refractivity contribution in [3.63, 3.8) is 0 Å². The lowest BCUT2D eigenvalue weighted by atomic mass is 9.82. The molecule has 0 spiro atoms. The van der Waals surface area contributed by atoms with Crippen molar-refractivity contribution in [3.05, 3.63) is 0 Å². The minimum atomic E-state index is 0.0736. The molecule has 0 aromatic heterocycles. The zero-order valence-electron chi connectivity index (χ0n) is 16.7. The van der Waals surface area contributed by atoms with E-state index >= 15 is 0 Å². The quantitative estimate of drug-likeness (QED) is 0.501. The maximum atomic E-state index is 12.2. The van der Waals surface area contributed by atoms with Gasteiger partial charge in [0.25, 0.3) is 0 Å². The molecule has 0 radical (unpaired) electrons. The second kappa shape index (κ2) is 7.36. The molecular formula is C21H34N2O4. The molecule has 2 amide bonds. The molecule has 6 nitrogen and oxygen atoms in total. The molecule has 4 rings (SSSR count). The first-order valence-corrected chi connectivity index (χ1v) is 10.8. The predicted molar refractivity (Wildman–Crippen MR) is 101 cm³/mol. The molecule has 0 aromatic carbocycles. The number of nitrogens with one attached hydrogen (secondary N) is 2. The number of hydrogen-bond donors (Lipinski definition) is 2. The molecule has 2 N–H and O–H groups in total. The van der Waals surface area contributed by atoms with Gasteiger partial charge >= 0.3 is 0 Å². The summed E-state index contributed by atoms with van der Waals surface area (Å²) >= 11 is 0. The summed E-state index contributed by atoms with van der Waals surface area (Å²) in [5.41, 5.74) is 0.147. The van der Waals surface area contributed by atoms with Crippen LogP contribution in [0.5, 0.6) is 0 Å². The third-order valence-corrected chi connectivity index (χ3v) is 7.24. The van der Waals surface area contributed by atoms with Gasteiger partial charge in [0.15, 0.2) is 0 Å². The first kappa shape index (κ1) is 19.2. The van der Waals surface area contributed by atoms with E-state index in [4.69, 9.17) is 9.47 Å². The van der Waals surface area contributed by atoms with Crippen LogP contribution in [0.25, 0.3) is 0 Å². The molecule has 6 unspecified atom stereocenters. The van der Waals surface area contributed by atoms with Crippen LogP contribution in [0.3, 0.4) is 0 Å². The van der Waals surface area contributed by atoms with Crippen molar-refractivity contribution in [2.75, 3.05) is 13.1 Å². The van der Waals surface area contributed by atoms with E-state index in [2.05, 4.69) is 24.5 Å². The van der Waals surface area contributed by atoms with Crippen molar-refractivity contribution >= 4 is 11.8 Å². The molecule has 0 aromatic rings. The molecule has 2 aliphatic carbocycles. The molecule has 0 bridgehead atoms. The minimum Gasteiger partial charge on any atom is -0.366 e. The van der Waals surface area contributed by atoms with E-state index in [0.29, 0.717) is 12.2 Å². The van der Waals surface area contributed by atoms with E-state index in [0.717, 1.165) is 70.9 Å². The van der Waals surface area contributed by atoms with Gasteiger partial charge in [-0.1, -0.05) is 0 Å². The van der Waals surface area contributed by atoms with Crippen LogP contribution in [0.1, 0.15) is 71.6 Å². The average Bonchev–Trinajstić information content (AvgIpc) is 3.51. The maximum Gasteiger partial charge on any atom is 0.223 e. The van der Waals surface area contributed by atoms with Crippen LogP contribution >= 0.6 is 0 Å². The molecule has 152 valence electrons. The Balaban J connectivity index is 1.01. The molecule has 6 heteroatoms. The Morgan fingerprint density at radius 1 is 0.815 bits per heavy atom. The van der Waals surface area contributed by atoms with Crippen molar-refractivity contribution in [1.29, 1.82) is 0 Å². The van der Waals surface area contributed by atoms with Crippen LogP contribution in [0.2, 0.25) is 0 Å². The number of carbonyl (C=O) groups is 2. The monoisotopic (exact) mass is 378 g/mol. The molecular weight excluding hydrogens is 344 g/mol. The summed E-state index contributed by atoms with van der Waals surface area (Å²) in [7, 11) is 0. The molecule has 4 aliphatic rings. The number of amides is 2. The van der Waals surface area contributed by atoms with Crippen molar-refractivity contribution in [2.45, 2.75) is 95.0 Å². The lowest BCUT2D eigenvalue weighted by Crippen LogP contribution is -2.36. The van der Waals surface area contributed by atoms with Crippen LogP contribution in [-0.2, 0) is 19.1 Å².